The zero-order valence-corrected chi connectivity index (χ0v) is 32.7. The van der Waals surface area contributed by atoms with Crippen molar-refractivity contribution >= 4 is 19.8 Å². The number of nitrogens with two attached hydrogens (primary N) is 1. The Balaban J connectivity index is 4.30. The number of carbonyl (C=O) groups excluding carboxylic acids is 2. The quantitative estimate of drug-likeness (QED) is 0.0282. The molecule has 0 heterocycles. The molecular weight excluding hydrogens is 665 g/mol. The molecule has 0 aliphatic carbocycles. The minimum Gasteiger partial charge on any atom is -0.462 e. The van der Waals surface area contributed by atoms with Gasteiger partial charge < -0.3 is 20.1 Å². The normalized spacial score (nSPS) is 14.2. The minimum absolute atomic E-state index is 0.0431. The summed E-state index contributed by atoms with van der Waals surface area (Å²) in [5.41, 5.74) is 5.33. The average molecular weight is 736 g/mol. The van der Waals surface area contributed by atoms with Crippen LogP contribution in [0.15, 0.2) is 72.9 Å². The van der Waals surface area contributed by atoms with Crippen LogP contribution in [0.2, 0.25) is 0 Å². The van der Waals surface area contributed by atoms with Gasteiger partial charge in [-0.05, 0) is 77.0 Å². The maximum absolute atomic E-state index is 12.5. The molecule has 9 nitrogen and oxygen atoms in total. The Morgan fingerprint density at radius 2 is 1.08 bits per heavy atom. The lowest BCUT2D eigenvalue weighted by Gasteiger charge is -2.19. The fourth-order valence-electron chi connectivity index (χ4n) is 4.72. The first-order chi connectivity index (χ1) is 24.8. The van der Waals surface area contributed by atoms with Gasteiger partial charge in [0, 0.05) is 19.4 Å². The highest BCUT2D eigenvalue weighted by atomic mass is 31.2. The van der Waals surface area contributed by atoms with Crippen LogP contribution in [-0.2, 0) is 32.7 Å². The van der Waals surface area contributed by atoms with E-state index in [9.17, 15) is 19.0 Å². The number of phosphoric acid groups is 1. The molecule has 292 valence electrons. The van der Waals surface area contributed by atoms with Gasteiger partial charge in [-0.25, -0.2) is 4.57 Å². The van der Waals surface area contributed by atoms with E-state index < -0.39 is 32.5 Å². The minimum atomic E-state index is -4.39. The molecule has 51 heavy (non-hydrogen) atoms. The third kappa shape index (κ3) is 37.0. The van der Waals surface area contributed by atoms with E-state index >= 15 is 0 Å². The molecule has 0 rings (SSSR count). The van der Waals surface area contributed by atoms with Gasteiger partial charge in [0.1, 0.15) is 6.61 Å². The summed E-state index contributed by atoms with van der Waals surface area (Å²) in [6, 6.07) is 0. The molecule has 3 N–H and O–H groups in total. The van der Waals surface area contributed by atoms with Crippen molar-refractivity contribution in [3.8, 4) is 0 Å². The van der Waals surface area contributed by atoms with Crippen LogP contribution in [-0.4, -0.2) is 49.3 Å². The van der Waals surface area contributed by atoms with E-state index in [1.807, 2.05) is 0 Å². The summed E-state index contributed by atoms with van der Waals surface area (Å²) in [4.78, 5) is 34.7. The molecule has 2 atom stereocenters. The van der Waals surface area contributed by atoms with E-state index in [-0.39, 0.29) is 32.6 Å². The molecule has 0 saturated carbocycles. The largest absolute Gasteiger partial charge is 0.472 e. The number of unbranched alkanes of at least 4 members (excludes halogenated alkanes) is 10. The van der Waals surface area contributed by atoms with Gasteiger partial charge in [-0.15, -0.1) is 0 Å². The number of carbonyl (C=O) groups is 2. The highest BCUT2D eigenvalue weighted by Gasteiger charge is 2.25. The Morgan fingerprint density at radius 1 is 0.608 bits per heavy atom. The topological polar surface area (TPSA) is 134 Å². The maximum atomic E-state index is 12.5. The fraction of sp³-hybridized carbons (Fsp3) is 0.659. The molecule has 0 bridgehead atoms. The smallest absolute Gasteiger partial charge is 0.462 e. The number of esters is 2. The van der Waals surface area contributed by atoms with Crippen molar-refractivity contribution in [1.82, 2.24) is 0 Å². The van der Waals surface area contributed by atoms with Crippen molar-refractivity contribution in [3.63, 3.8) is 0 Å². The molecule has 0 radical (unpaired) electrons. The molecule has 0 aromatic rings. The van der Waals surface area contributed by atoms with Crippen molar-refractivity contribution in [2.24, 2.45) is 5.73 Å². The molecule has 2 unspecified atom stereocenters. The van der Waals surface area contributed by atoms with Gasteiger partial charge in [0.15, 0.2) is 6.10 Å². The summed E-state index contributed by atoms with van der Waals surface area (Å²) >= 11 is 0. The van der Waals surface area contributed by atoms with Gasteiger partial charge in [-0.1, -0.05) is 125 Å². The molecule has 10 heteroatoms. The molecule has 0 amide bonds. The molecule has 0 spiro atoms. The van der Waals surface area contributed by atoms with Gasteiger partial charge in [0.2, 0.25) is 0 Å². The van der Waals surface area contributed by atoms with Crippen molar-refractivity contribution in [3.05, 3.63) is 72.9 Å². The standard InChI is InChI=1S/C41H70NO8P/c1-3-5-7-9-11-13-15-17-18-19-20-22-24-26-28-30-32-34-41(44)50-39(38-49-51(45,46)48-36-35-42)37-47-40(43)33-31-29-27-25-23-21-16-14-12-10-8-6-4-2/h5,7-8,10-11,13-14,16-18,20,22,39H,3-4,6,9,12,15,19,21,23-38,42H2,1-2H3,(H,45,46)/b7-5-,10-8-,13-11-,16-14-,18-17-,22-20-. The second kappa shape index (κ2) is 37.2. The molecule has 0 saturated heterocycles. The van der Waals surface area contributed by atoms with E-state index in [2.05, 4.69) is 86.8 Å². The van der Waals surface area contributed by atoms with Crippen molar-refractivity contribution in [2.75, 3.05) is 26.4 Å². The summed E-state index contributed by atoms with van der Waals surface area (Å²) in [6.45, 7) is 3.48. The Labute approximate surface area is 310 Å². The number of phosphoric ester groups is 1. The lowest BCUT2D eigenvalue weighted by atomic mass is 10.1. The van der Waals surface area contributed by atoms with Gasteiger partial charge >= 0.3 is 19.8 Å². The molecule has 0 aliphatic rings. The molecule has 0 aromatic heterocycles. The predicted octanol–water partition coefficient (Wildman–Crippen LogP) is 10.7. The van der Waals surface area contributed by atoms with Gasteiger partial charge in [-0.3, -0.25) is 18.6 Å². The van der Waals surface area contributed by atoms with Crippen LogP contribution < -0.4 is 5.73 Å². The lowest BCUT2D eigenvalue weighted by Crippen LogP contribution is -2.29. The Hall–Kier alpha value is -2.55. The highest BCUT2D eigenvalue weighted by Crippen LogP contribution is 2.43. The first-order valence-electron chi connectivity index (χ1n) is 19.4. The Morgan fingerprint density at radius 3 is 1.61 bits per heavy atom. The predicted molar refractivity (Wildman–Crippen MR) is 210 cm³/mol. The van der Waals surface area contributed by atoms with E-state index in [0.29, 0.717) is 12.8 Å². The Kier molecular flexibility index (Phi) is 35.4. The zero-order chi connectivity index (χ0) is 37.5. The fourth-order valence-corrected chi connectivity index (χ4v) is 5.48. The van der Waals surface area contributed by atoms with Crippen LogP contribution in [0.3, 0.4) is 0 Å². The SMILES string of the molecule is CC/C=C\C/C=C\C/C=C\C/C=C\CCCCCCC(=O)OC(COC(=O)CCCCCCC/C=C\C/C=C\CCC)COP(=O)(O)OCCN. The first kappa shape index (κ1) is 48.5. The van der Waals surface area contributed by atoms with E-state index in [0.717, 1.165) is 96.3 Å². The van der Waals surface area contributed by atoms with E-state index in [1.54, 1.807) is 0 Å². The summed E-state index contributed by atoms with van der Waals surface area (Å²) in [7, 11) is -4.39. The van der Waals surface area contributed by atoms with Crippen LogP contribution >= 0.6 is 7.82 Å². The number of hydrogen-bond acceptors (Lipinski definition) is 8. The summed E-state index contributed by atoms with van der Waals surface area (Å²) < 4.78 is 32.6. The third-order valence-corrected chi connectivity index (χ3v) is 8.54. The third-order valence-electron chi connectivity index (χ3n) is 7.56. The summed E-state index contributed by atoms with van der Waals surface area (Å²) in [5.74, 6) is -0.882. The lowest BCUT2D eigenvalue weighted by molar-refractivity contribution is -0.161. The maximum Gasteiger partial charge on any atom is 0.472 e. The van der Waals surface area contributed by atoms with E-state index in [4.69, 9.17) is 24.3 Å². The summed E-state index contributed by atoms with van der Waals surface area (Å²) in [5, 5.41) is 0. The average Bonchev–Trinajstić information content (AvgIpc) is 3.11. The van der Waals surface area contributed by atoms with Crippen molar-refractivity contribution < 1.29 is 37.6 Å². The van der Waals surface area contributed by atoms with Gasteiger partial charge in [0.05, 0.1) is 13.2 Å². The summed E-state index contributed by atoms with van der Waals surface area (Å²) in [6.07, 6.45) is 43.6. The number of hydrogen-bond donors (Lipinski definition) is 2. The monoisotopic (exact) mass is 735 g/mol. The second-order valence-electron chi connectivity index (χ2n) is 12.4. The number of ether oxygens (including phenoxy) is 2. The molecule has 0 fully saturated rings. The number of allylic oxidation sites excluding steroid dienone is 12. The van der Waals surface area contributed by atoms with Crippen LogP contribution in [0.1, 0.15) is 142 Å². The zero-order valence-electron chi connectivity index (χ0n) is 31.8. The van der Waals surface area contributed by atoms with Crippen molar-refractivity contribution in [2.45, 2.75) is 148 Å². The van der Waals surface area contributed by atoms with Gasteiger partial charge in [-0.2, -0.15) is 0 Å². The molecular formula is C41H70NO8P. The molecule has 0 aliphatic heterocycles. The number of rotatable bonds is 35. The van der Waals surface area contributed by atoms with Crippen LogP contribution in [0.25, 0.3) is 0 Å². The van der Waals surface area contributed by atoms with Crippen LogP contribution in [0.5, 0.6) is 0 Å². The van der Waals surface area contributed by atoms with Crippen LogP contribution in [0, 0.1) is 0 Å². The second-order valence-corrected chi connectivity index (χ2v) is 13.9. The first-order valence-corrected chi connectivity index (χ1v) is 20.9. The van der Waals surface area contributed by atoms with Crippen molar-refractivity contribution in [1.29, 1.82) is 0 Å². The highest BCUT2D eigenvalue weighted by molar-refractivity contribution is 7.47. The van der Waals surface area contributed by atoms with E-state index in [1.165, 1.54) is 6.42 Å². The Bertz CT molecular complexity index is 1070. The van der Waals surface area contributed by atoms with Crippen LogP contribution in [0.4, 0.5) is 0 Å². The van der Waals surface area contributed by atoms with Gasteiger partial charge in [0.25, 0.3) is 0 Å². The molecule has 0 aromatic carbocycles.